The van der Waals surface area contributed by atoms with Crippen LogP contribution in [0.4, 0.5) is 0 Å². The molecule has 248 valence electrons. The molecule has 0 N–H and O–H groups in total. The zero-order valence-corrected chi connectivity index (χ0v) is 28.6. The first-order chi connectivity index (χ1) is 26.3. The Morgan fingerprint density at radius 3 is 1.25 bits per heavy atom. The van der Waals surface area contributed by atoms with Gasteiger partial charge in [-0.05, 0) is 50.9 Å². The van der Waals surface area contributed by atoms with E-state index >= 15 is 0 Å². The lowest BCUT2D eigenvalue weighted by Gasteiger charge is -2.10. The number of furan rings is 1. The van der Waals surface area contributed by atoms with Crippen LogP contribution in [-0.4, -0.2) is 15.0 Å². The Hall–Kier alpha value is -7.17. The molecule has 53 heavy (non-hydrogen) atoms. The van der Waals surface area contributed by atoms with E-state index in [-0.39, 0.29) is 0 Å². The molecule has 0 saturated heterocycles. The number of rotatable bonds is 6. The molecule has 0 aliphatic heterocycles. The van der Waals surface area contributed by atoms with Gasteiger partial charge in [-0.25, -0.2) is 15.0 Å². The third-order valence-corrected chi connectivity index (χ3v) is 9.97. The zero-order chi connectivity index (χ0) is 35.1. The predicted molar refractivity (Wildman–Crippen MR) is 217 cm³/mol. The molecule has 0 fully saturated rings. The lowest BCUT2D eigenvalue weighted by atomic mass is 9.95. The first kappa shape index (κ1) is 30.6. The van der Waals surface area contributed by atoms with Gasteiger partial charge in [0.1, 0.15) is 11.2 Å². The van der Waals surface area contributed by atoms with Crippen LogP contribution in [0.25, 0.3) is 100 Å². The van der Waals surface area contributed by atoms with Crippen LogP contribution < -0.4 is 0 Å². The lowest BCUT2D eigenvalue weighted by Crippen LogP contribution is -2.00. The van der Waals surface area contributed by atoms with Crippen LogP contribution in [0.5, 0.6) is 0 Å². The van der Waals surface area contributed by atoms with Crippen molar-refractivity contribution in [3.8, 4) is 67.5 Å². The fourth-order valence-electron chi connectivity index (χ4n) is 7.29. The number of fused-ring (bicyclic) bond motifs is 5. The average Bonchev–Trinajstić information content (AvgIpc) is 3.63. The van der Waals surface area contributed by atoms with Crippen molar-refractivity contribution in [1.29, 1.82) is 0 Å². The highest BCUT2D eigenvalue weighted by Gasteiger charge is 2.20. The Morgan fingerprint density at radius 1 is 0.264 bits per heavy atom. The molecule has 0 unspecified atom stereocenters. The lowest BCUT2D eigenvalue weighted by molar-refractivity contribution is 0.673. The molecule has 2 heterocycles. The number of benzene rings is 8. The third kappa shape index (κ3) is 5.54. The van der Waals surface area contributed by atoms with Crippen LogP contribution in [0.15, 0.2) is 192 Å². The minimum Gasteiger partial charge on any atom is -0.455 e. The van der Waals surface area contributed by atoms with Gasteiger partial charge in [0.05, 0.1) is 5.56 Å². The van der Waals surface area contributed by atoms with Crippen LogP contribution in [0.3, 0.4) is 0 Å². The second-order valence-electron chi connectivity index (χ2n) is 13.2. The fraction of sp³-hybridized carbons (Fsp3) is 0. The largest absolute Gasteiger partial charge is 0.455 e. The molecule has 0 spiro atoms. The van der Waals surface area contributed by atoms with Gasteiger partial charge in [0.15, 0.2) is 17.5 Å². The normalized spacial score (nSPS) is 11.4. The molecule has 0 aliphatic rings. The minimum absolute atomic E-state index is 0.557. The molecule has 0 atom stereocenters. The molecule has 0 bridgehead atoms. The summed E-state index contributed by atoms with van der Waals surface area (Å²) in [4.78, 5) is 15.3. The van der Waals surface area contributed by atoms with Crippen LogP contribution in [-0.2, 0) is 0 Å². The highest BCUT2D eigenvalue weighted by Crippen LogP contribution is 2.42. The second kappa shape index (κ2) is 12.9. The van der Waals surface area contributed by atoms with E-state index in [1.807, 2.05) is 18.2 Å². The summed E-state index contributed by atoms with van der Waals surface area (Å²) in [5.41, 5.74) is 11.2. The van der Waals surface area contributed by atoms with Gasteiger partial charge >= 0.3 is 0 Å². The Bertz CT molecular complexity index is 2800. The van der Waals surface area contributed by atoms with E-state index in [1.165, 1.54) is 11.1 Å². The van der Waals surface area contributed by atoms with Gasteiger partial charge in [-0.1, -0.05) is 176 Å². The number of hydrogen-bond acceptors (Lipinski definition) is 4. The van der Waals surface area contributed by atoms with Gasteiger partial charge in [-0.3, -0.25) is 0 Å². The molecule has 4 heteroatoms. The molecular formula is C49H31N3O. The Balaban J connectivity index is 1.16. The molecule has 0 radical (unpaired) electrons. The molecule has 0 saturated carbocycles. The molecular weight excluding hydrogens is 647 g/mol. The van der Waals surface area contributed by atoms with Gasteiger partial charge in [-0.2, -0.15) is 0 Å². The van der Waals surface area contributed by atoms with Crippen LogP contribution in [0.2, 0.25) is 0 Å². The van der Waals surface area contributed by atoms with E-state index < -0.39 is 0 Å². The Kier molecular flexibility index (Phi) is 7.43. The number of para-hydroxylation sites is 1. The summed E-state index contributed by atoms with van der Waals surface area (Å²) in [6.07, 6.45) is 0. The minimum atomic E-state index is 0.557. The topological polar surface area (TPSA) is 51.8 Å². The summed E-state index contributed by atoms with van der Waals surface area (Å²) in [5.74, 6) is 1.75. The van der Waals surface area contributed by atoms with Crippen molar-refractivity contribution in [3.05, 3.63) is 188 Å². The first-order valence-electron chi connectivity index (χ1n) is 17.8. The molecule has 10 aromatic rings. The fourth-order valence-corrected chi connectivity index (χ4v) is 7.29. The van der Waals surface area contributed by atoms with Crippen molar-refractivity contribution >= 4 is 32.7 Å². The number of nitrogens with zero attached hydrogens (tertiary/aromatic N) is 3. The van der Waals surface area contributed by atoms with Crippen molar-refractivity contribution in [1.82, 2.24) is 15.0 Å². The monoisotopic (exact) mass is 677 g/mol. The van der Waals surface area contributed by atoms with Gasteiger partial charge in [0.25, 0.3) is 0 Å². The molecule has 10 rings (SSSR count). The maximum Gasteiger partial charge on any atom is 0.167 e. The summed E-state index contributed by atoms with van der Waals surface area (Å²) >= 11 is 0. The Labute approximate surface area is 306 Å². The van der Waals surface area contributed by atoms with Gasteiger partial charge in [0, 0.05) is 27.3 Å². The van der Waals surface area contributed by atoms with Gasteiger partial charge < -0.3 is 4.42 Å². The Morgan fingerprint density at radius 2 is 0.679 bits per heavy atom. The summed E-state index contributed by atoms with van der Waals surface area (Å²) in [6, 6.07) is 65.1. The summed E-state index contributed by atoms with van der Waals surface area (Å²) < 4.78 is 6.86. The maximum atomic E-state index is 6.86. The van der Waals surface area contributed by atoms with Crippen LogP contribution in [0.1, 0.15) is 0 Å². The van der Waals surface area contributed by atoms with Crippen molar-refractivity contribution in [2.45, 2.75) is 0 Å². The molecule has 2 aromatic heterocycles. The van der Waals surface area contributed by atoms with E-state index in [0.29, 0.717) is 17.5 Å². The van der Waals surface area contributed by atoms with Crippen molar-refractivity contribution in [2.75, 3.05) is 0 Å². The smallest absolute Gasteiger partial charge is 0.167 e. The highest BCUT2D eigenvalue weighted by molar-refractivity contribution is 6.20. The molecule has 8 aromatic carbocycles. The third-order valence-electron chi connectivity index (χ3n) is 9.97. The summed E-state index contributed by atoms with van der Waals surface area (Å²) in [7, 11) is 0. The van der Waals surface area contributed by atoms with Crippen LogP contribution in [0, 0.1) is 0 Å². The van der Waals surface area contributed by atoms with Crippen molar-refractivity contribution < 1.29 is 4.42 Å². The molecule has 4 nitrogen and oxygen atoms in total. The SMILES string of the molecule is c1ccc(-c2ccc(-c3nc(-c4ccc(-c5ccccc5)cc4)nc(-c4cccc5c4oc4c6ccccc6c(-c6ccccc6)cc54)n3)cc2)cc1. The number of hydrogen-bond donors (Lipinski definition) is 0. The summed E-state index contributed by atoms with van der Waals surface area (Å²) in [6.45, 7) is 0. The quantitative estimate of drug-likeness (QED) is 0.176. The van der Waals surface area contributed by atoms with E-state index in [1.54, 1.807) is 0 Å². The van der Waals surface area contributed by atoms with Crippen molar-refractivity contribution in [2.24, 2.45) is 0 Å². The summed E-state index contributed by atoms with van der Waals surface area (Å²) in [5, 5.41) is 4.29. The molecule has 0 amide bonds. The van der Waals surface area contributed by atoms with Gasteiger partial charge in [-0.15, -0.1) is 0 Å². The number of aromatic nitrogens is 3. The van der Waals surface area contributed by atoms with E-state index in [0.717, 1.165) is 71.7 Å². The first-order valence-corrected chi connectivity index (χ1v) is 17.8. The maximum absolute atomic E-state index is 6.86. The predicted octanol–water partition coefficient (Wildman–Crippen LogP) is 12.9. The van der Waals surface area contributed by atoms with E-state index in [2.05, 4.69) is 170 Å². The van der Waals surface area contributed by atoms with Crippen LogP contribution >= 0.6 is 0 Å². The highest BCUT2D eigenvalue weighted by atomic mass is 16.3. The average molecular weight is 678 g/mol. The molecule has 0 aliphatic carbocycles. The standard InChI is InChI=1S/C49H31N3O/c1-4-13-32(14-5-1)34-23-27-37(28-24-34)47-50-48(38-29-25-35(26-30-38)33-15-6-2-7-16-33)52-49(51-47)42-22-12-21-41-44-31-43(36-17-8-3-9-18-36)39-19-10-11-20-40(39)46(44)53-45(41)42/h1-31H. The van der Waals surface area contributed by atoms with Crippen molar-refractivity contribution in [3.63, 3.8) is 0 Å². The zero-order valence-electron chi connectivity index (χ0n) is 28.6. The van der Waals surface area contributed by atoms with Gasteiger partial charge in [0.2, 0.25) is 0 Å². The van der Waals surface area contributed by atoms with E-state index in [4.69, 9.17) is 19.4 Å². The second-order valence-corrected chi connectivity index (χ2v) is 13.2. The van der Waals surface area contributed by atoms with E-state index in [9.17, 15) is 0 Å².